The van der Waals surface area contributed by atoms with Crippen LogP contribution in [0.4, 0.5) is 11.4 Å². The standard InChI is InChI=1S/C19H23N3O3/c1-5-25-18(24)13-6-8-14(9-7-13)21-15-10-11-20-16(12-15)17(23)22-19(2,3)4/h6-12H,5H2,1-4H3,(H,20,21)(H,22,23). The van der Waals surface area contributed by atoms with Crippen LogP contribution in [0.2, 0.25) is 0 Å². The summed E-state index contributed by atoms with van der Waals surface area (Å²) in [4.78, 5) is 28.0. The zero-order valence-corrected chi connectivity index (χ0v) is 14.9. The van der Waals surface area contributed by atoms with Crippen molar-refractivity contribution in [3.05, 3.63) is 53.9 Å². The first-order chi connectivity index (χ1) is 11.8. The van der Waals surface area contributed by atoms with E-state index in [-0.39, 0.29) is 17.4 Å². The molecule has 0 aliphatic carbocycles. The molecule has 0 saturated carbocycles. The number of carbonyl (C=O) groups excluding carboxylic acids is 2. The summed E-state index contributed by atoms with van der Waals surface area (Å²) >= 11 is 0. The van der Waals surface area contributed by atoms with Crippen LogP contribution in [0.3, 0.4) is 0 Å². The Labute approximate surface area is 147 Å². The summed E-state index contributed by atoms with van der Waals surface area (Å²) in [6, 6.07) is 10.4. The molecule has 0 bridgehead atoms. The van der Waals surface area contributed by atoms with Crippen molar-refractivity contribution in [2.75, 3.05) is 11.9 Å². The second kappa shape index (κ2) is 7.79. The minimum Gasteiger partial charge on any atom is -0.462 e. The van der Waals surface area contributed by atoms with E-state index in [9.17, 15) is 9.59 Å². The topological polar surface area (TPSA) is 80.3 Å². The molecule has 0 fully saturated rings. The fourth-order valence-electron chi connectivity index (χ4n) is 2.11. The minimum absolute atomic E-state index is 0.228. The molecule has 0 aliphatic heterocycles. The zero-order valence-electron chi connectivity index (χ0n) is 14.9. The van der Waals surface area contributed by atoms with E-state index < -0.39 is 0 Å². The van der Waals surface area contributed by atoms with Gasteiger partial charge in [-0.05, 0) is 64.1 Å². The molecule has 2 N–H and O–H groups in total. The van der Waals surface area contributed by atoms with Gasteiger partial charge in [-0.2, -0.15) is 0 Å². The van der Waals surface area contributed by atoms with Gasteiger partial charge < -0.3 is 15.4 Å². The highest BCUT2D eigenvalue weighted by Crippen LogP contribution is 2.18. The molecule has 25 heavy (non-hydrogen) atoms. The first-order valence-corrected chi connectivity index (χ1v) is 8.11. The fraction of sp³-hybridized carbons (Fsp3) is 0.316. The van der Waals surface area contributed by atoms with Crippen molar-refractivity contribution in [2.24, 2.45) is 0 Å². The van der Waals surface area contributed by atoms with Crippen molar-refractivity contribution in [2.45, 2.75) is 33.2 Å². The van der Waals surface area contributed by atoms with Gasteiger partial charge in [0, 0.05) is 23.1 Å². The van der Waals surface area contributed by atoms with Crippen LogP contribution in [-0.2, 0) is 4.74 Å². The van der Waals surface area contributed by atoms with Gasteiger partial charge in [0.05, 0.1) is 12.2 Å². The SMILES string of the molecule is CCOC(=O)c1ccc(Nc2ccnc(C(=O)NC(C)(C)C)c2)cc1. The van der Waals surface area contributed by atoms with E-state index in [4.69, 9.17) is 4.74 Å². The number of hydrogen-bond donors (Lipinski definition) is 2. The number of esters is 1. The maximum atomic E-state index is 12.2. The second-order valence-electron chi connectivity index (χ2n) is 6.56. The summed E-state index contributed by atoms with van der Waals surface area (Å²) < 4.78 is 4.96. The largest absolute Gasteiger partial charge is 0.462 e. The number of nitrogens with zero attached hydrogens (tertiary/aromatic N) is 1. The van der Waals surface area contributed by atoms with E-state index in [1.54, 1.807) is 49.5 Å². The molecule has 1 aromatic carbocycles. The van der Waals surface area contributed by atoms with E-state index >= 15 is 0 Å². The highest BCUT2D eigenvalue weighted by Gasteiger charge is 2.16. The Bertz CT molecular complexity index is 749. The summed E-state index contributed by atoms with van der Waals surface area (Å²) in [7, 11) is 0. The Morgan fingerprint density at radius 3 is 2.36 bits per heavy atom. The number of nitrogens with one attached hydrogen (secondary N) is 2. The summed E-state index contributed by atoms with van der Waals surface area (Å²) in [5.41, 5.74) is 2.03. The molecule has 1 heterocycles. The first-order valence-electron chi connectivity index (χ1n) is 8.11. The van der Waals surface area contributed by atoms with E-state index in [2.05, 4.69) is 15.6 Å². The lowest BCUT2D eigenvalue weighted by molar-refractivity contribution is 0.0526. The second-order valence-corrected chi connectivity index (χ2v) is 6.56. The Hall–Kier alpha value is -2.89. The molecule has 1 aromatic heterocycles. The third-order valence-corrected chi connectivity index (χ3v) is 3.17. The van der Waals surface area contributed by atoms with Crippen LogP contribution < -0.4 is 10.6 Å². The normalized spacial score (nSPS) is 10.9. The summed E-state index contributed by atoms with van der Waals surface area (Å²) in [5, 5.41) is 6.07. The summed E-state index contributed by atoms with van der Waals surface area (Å²) in [6.45, 7) is 7.86. The number of benzene rings is 1. The smallest absolute Gasteiger partial charge is 0.338 e. The van der Waals surface area contributed by atoms with Crippen molar-refractivity contribution >= 4 is 23.3 Å². The average Bonchev–Trinajstić information content (AvgIpc) is 2.54. The van der Waals surface area contributed by atoms with Crippen LogP contribution >= 0.6 is 0 Å². The number of aromatic nitrogens is 1. The molecule has 6 nitrogen and oxygen atoms in total. The van der Waals surface area contributed by atoms with E-state index in [0.29, 0.717) is 17.9 Å². The number of rotatable bonds is 5. The third-order valence-electron chi connectivity index (χ3n) is 3.17. The quantitative estimate of drug-likeness (QED) is 0.813. The van der Waals surface area contributed by atoms with Crippen LogP contribution in [0, 0.1) is 0 Å². The molecular weight excluding hydrogens is 318 g/mol. The van der Waals surface area contributed by atoms with Gasteiger partial charge in [0.15, 0.2) is 0 Å². The highest BCUT2D eigenvalue weighted by molar-refractivity contribution is 5.93. The number of anilines is 2. The Morgan fingerprint density at radius 2 is 1.76 bits per heavy atom. The number of ether oxygens (including phenoxy) is 1. The van der Waals surface area contributed by atoms with Gasteiger partial charge in [-0.25, -0.2) is 4.79 Å². The molecule has 1 amide bonds. The molecule has 6 heteroatoms. The lowest BCUT2D eigenvalue weighted by atomic mass is 10.1. The van der Waals surface area contributed by atoms with Crippen LogP contribution in [0.25, 0.3) is 0 Å². The van der Waals surface area contributed by atoms with Crippen molar-refractivity contribution in [3.63, 3.8) is 0 Å². The number of carbonyl (C=O) groups is 2. The van der Waals surface area contributed by atoms with Crippen LogP contribution in [-0.4, -0.2) is 29.0 Å². The predicted octanol–water partition coefficient (Wildman–Crippen LogP) is 3.53. The van der Waals surface area contributed by atoms with E-state index in [1.165, 1.54) is 0 Å². The van der Waals surface area contributed by atoms with Crippen LogP contribution in [0.1, 0.15) is 48.5 Å². The van der Waals surface area contributed by atoms with Gasteiger partial charge in [0.2, 0.25) is 0 Å². The summed E-state index contributed by atoms with van der Waals surface area (Å²) in [5.74, 6) is -0.576. The lowest BCUT2D eigenvalue weighted by Crippen LogP contribution is -2.40. The number of hydrogen-bond acceptors (Lipinski definition) is 5. The van der Waals surface area contributed by atoms with Crippen molar-refractivity contribution in [3.8, 4) is 0 Å². The minimum atomic E-state index is -0.348. The Balaban J connectivity index is 2.09. The van der Waals surface area contributed by atoms with Gasteiger partial charge in [-0.15, -0.1) is 0 Å². The molecule has 0 unspecified atom stereocenters. The van der Waals surface area contributed by atoms with Crippen LogP contribution in [0.5, 0.6) is 0 Å². The average molecular weight is 341 g/mol. The van der Waals surface area contributed by atoms with Gasteiger partial charge in [-0.1, -0.05) is 0 Å². The first kappa shape index (κ1) is 18.4. The van der Waals surface area contributed by atoms with Crippen LogP contribution in [0.15, 0.2) is 42.6 Å². The summed E-state index contributed by atoms with van der Waals surface area (Å²) in [6.07, 6.45) is 1.58. The van der Waals surface area contributed by atoms with Gasteiger partial charge in [0.1, 0.15) is 5.69 Å². The molecule has 132 valence electrons. The maximum Gasteiger partial charge on any atom is 0.338 e. The van der Waals surface area contributed by atoms with Gasteiger partial charge in [-0.3, -0.25) is 9.78 Å². The molecule has 0 spiro atoms. The van der Waals surface area contributed by atoms with Crippen molar-refractivity contribution in [1.82, 2.24) is 10.3 Å². The molecule has 0 aliphatic rings. The molecule has 0 radical (unpaired) electrons. The molecule has 0 atom stereocenters. The Morgan fingerprint density at radius 1 is 1.08 bits per heavy atom. The van der Waals surface area contributed by atoms with E-state index in [1.807, 2.05) is 20.8 Å². The number of amides is 1. The van der Waals surface area contributed by atoms with Crippen molar-refractivity contribution < 1.29 is 14.3 Å². The van der Waals surface area contributed by atoms with Gasteiger partial charge >= 0.3 is 5.97 Å². The number of pyridine rings is 1. The third kappa shape index (κ3) is 5.60. The molecular formula is C19H23N3O3. The Kier molecular flexibility index (Phi) is 5.75. The lowest BCUT2D eigenvalue weighted by Gasteiger charge is -2.20. The van der Waals surface area contributed by atoms with Gasteiger partial charge in [0.25, 0.3) is 5.91 Å². The molecule has 2 rings (SSSR count). The monoisotopic (exact) mass is 341 g/mol. The zero-order chi connectivity index (χ0) is 18.4. The fourth-order valence-corrected chi connectivity index (χ4v) is 2.11. The van der Waals surface area contributed by atoms with E-state index in [0.717, 1.165) is 11.4 Å². The molecule has 0 saturated heterocycles. The molecule has 2 aromatic rings. The predicted molar refractivity (Wildman–Crippen MR) is 97.1 cm³/mol. The maximum absolute atomic E-state index is 12.2. The highest BCUT2D eigenvalue weighted by atomic mass is 16.5. The van der Waals surface area contributed by atoms with Crippen molar-refractivity contribution in [1.29, 1.82) is 0 Å².